The second-order valence-corrected chi connectivity index (χ2v) is 3.56. The van der Waals surface area contributed by atoms with E-state index >= 15 is 0 Å². The molecule has 2 heterocycles. The Kier molecular flexibility index (Phi) is 4.16. The molecule has 0 aliphatic carbocycles. The maximum Gasteiger partial charge on any atom is 0.225 e. The van der Waals surface area contributed by atoms with Gasteiger partial charge in [-0.3, -0.25) is 4.79 Å². The van der Waals surface area contributed by atoms with Crippen LogP contribution in [-0.4, -0.2) is 34.4 Å². The minimum absolute atomic E-state index is 0.267. The quantitative estimate of drug-likeness (QED) is 0.678. The molecule has 0 spiro atoms. The molecule has 0 saturated carbocycles. The number of piperidine rings is 1. The topological polar surface area (TPSA) is 49.0 Å². The lowest BCUT2D eigenvalue weighted by molar-refractivity contribution is -0.136. The highest BCUT2D eigenvalue weighted by atomic mass is 16.2. The number of nitrogens with zero attached hydrogens (tertiary/aromatic N) is 2. The van der Waals surface area contributed by atoms with Crippen LogP contribution >= 0.6 is 0 Å². The van der Waals surface area contributed by atoms with Gasteiger partial charge >= 0.3 is 0 Å². The zero-order chi connectivity index (χ0) is 10.4. The van der Waals surface area contributed by atoms with Crippen LogP contribution in [0.2, 0.25) is 0 Å². The van der Waals surface area contributed by atoms with E-state index in [1.54, 1.807) is 18.7 Å². The maximum atomic E-state index is 11.1. The Morgan fingerprint density at radius 1 is 1.64 bits per heavy atom. The van der Waals surface area contributed by atoms with E-state index in [-0.39, 0.29) is 5.92 Å². The van der Waals surface area contributed by atoms with Crippen LogP contribution in [0.15, 0.2) is 18.7 Å². The largest absolute Gasteiger partial charge is 0.351 e. The fourth-order valence-electron chi connectivity index (χ4n) is 1.46. The molecule has 0 aromatic carbocycles. The van der Waals surface area contributed by atoms with Crippen molar-refractivity contribution in [3.63, 3.8) is 0 Å². The second kappa shape index (κ2) is 5.42. The summed E-state index contributed by atoms with van der Waals surface area (Å²) in [4.78, 5) is 19.3. The molecule has 1 aliphatic rings. The molecule has 4 heteroatoms. The van der Waals surface area contributed by atoms with Gasteiger partial charge in [0.15, 0.2) is 0 Å². The van der Waals surface area contributed by atoms with Crippen molar-refractivity contribution in [2.75, 3.05) is 13.6 Å². The summed E-state index contributed by atoms with van der Waals surface area (Å²) < 4.78 is 0. The first-order chi connectivity index (χ1) is 6.72. The van der Waals surface area contributed by atoms with Crippen molar-refractivity contribution in [1.82, 2.24) is 14.9 Å². The number of nitrogens with one attached hydrogen (secondary N) is 1. The number of carbonyl (C=O) groups excluding carboxylic acids is 1. The van der Waals surface area contributed by atoms with Crippen LogP contribution in [0.5, 0.6) is 0 Å². The Bertz CT molecular complexity index is 229. The summed E-state index contributed by atoms with van der Waals surface area (Å²) in [5.74, 6) is 0.574. The summed E-state index contributed by atoms with van der Waals surface area (Å²) in [7, 11) is 1.87. The average molecular weight is 195 g/mol. The Balaban J connectivity index is 0.000000165. The van der Waals surface area contributed by atoms with E-state index in [9.17, 15) is 4.79 Å². The number of hydrogen-bond acceptors (Lipinski definition) is 2. The highest BCUT2D eigenvalue weighted by molar-refractivity contribution is 5.78. The molecule has 2 rings (SSSR count). The van der Waals surface area contributed by atoms with E-state index in [4.69, 9.17) is 0 Å². The van der Waals surface area contributed by atoms with Crippen LogP contribution < -0.4 is 0 Å². The Morgan fingerprint density at radius 2 is 2.43 bits per heavy atom. The molecule has 0 bridgehead atoms. The monoisotopic (exact) mass is 195 g/mol. The fourth-order valence-corrected chi connectivity index (χ4v) is 1.46. The number of imidazole rings is 1. The first-order valence-electron chi connectivity index (χ1n) is 4.89. The van der Waals surface area contributed by atoms with Crippen molar-refractivity contribution >= 4 is 5.91 Å². The van der Waals surface area contributed by atoms with Gasteiger partial charge in [0, 0.05) is 31.9 Å². The van der Waals surface area contributed by atoms with Crippen LogP contribution in [0.1, 0.15) is 19.8 Å². The number of rotatable bonds is 0. The van der Waals surface area contributed by atoms with E-state index in [0.717, 1.165) is 13.0 Å². The van der Waals surface area contributed by atoms with Gasteiger partial charge < -0.3 is 9.88 Å². The van der Waals surface area contributed by atoms with Crippen LogP contribution in [0.4, 0.5) is 0 Å². The normalized spacial score (nSPS) is 21.4. The van der Waals surface area contributed by atoms with Crippen molar-refractivity contribution in [2.24, 2.45) is 5.92 Å². The molecule has 1 aromatic heterocycles. The molecule has 1 N–H and O–H groups in total. The van der Waals surface area contributed by atoms with Gasteiger partial charge in [0.2, 0.25) is 5.91 Å². The molecule has 1 aliphatic heterocycles. The Labute approximate surface area is 84.3 Å². The summed E-state index contributed by atoms with van der Waals surface area (Å²) in [5, 5.41) is 0. The molecular weight excluding hydrogens is 178 g/mol. The van der Waals surface area contributed by atoms with E-state index in [0.29, 0.717) is 5.91 Å². The van der Waals surface area contributed by atoms with Gasteiger partial charge in [0.1, 0.15) is 0 Å². The van der Waals surface area contributed by atoms with Crippen molar-refractivity contribution in [2.45, 2.75) is 19.8 Å². The number of carbonyl (C=O) groups is 1. The van der Waals surface area contributed by atoms with Gasteiger partial charge in [0.05, 0.1) is 6.33 Å². The van der Waals surface area contributed by atoms with Crippen molar-refractivity contribution in [3.8, 4) is 0 Å². The second-order valence-electron chi connectivity index (χ2n) is 3.56. The number of aromatic nitrogens is 2. The predicted molar refractivity (Wildman–Crippen MR) is 54.6 cm³/mol. The SMILES string of the molecule is CC1CCCN(C)C1=O.c1c[nH]cn1. The third kappa shape index (κ3) is 3.20. The third-order valence-electron chi connectivity index (χ3n) is 2.33. The van der Waals surface area contributed by atoms with Crippen molar-refractivity contribution in [1.29, 1.82) is 0 Å². The number of aromatic amines is 1. The molecule has 1 atom stereocenters. The van der Waals surface area contributed by atoms with Crippen LogP contribution in [0.3, 0.4) is 0 Å². The average Bonchev–Trinajstić information content (AvgIpc) is 2.72. The van der Waals surface area contributed by atoms with Gasteiger partial charge in [0.25, 0.3) is 0 Å². The zero-order valence-corrected chi connectivity index (χ0v) is 8.73. The van der Waals surface area contributed by atoms with Crippen LogP contribution in [0, 0.1) is 5.92 Å². The predicted octanol–water partition coefficient (Wildman–Crippen LogP) is 1.28. The summed E-state index contributed by atoms with van der Waals surface area (Å²) in [6.45, 7) is 2.95. The van der Waals surface area contributed by atoms with Gasteiger partial charge in [-0.05, 0) is 12.8 Å². The molecule has 78 valence electrons. The lowest BCUT2D eigenvalue weighted by Crippen LogP contribution is -2.36. The summed E-state index contributed by atoms with van der Waals surface area (Å²) in [6, 6.07) is 0. The number of likely N-dealkylation sites (tertiary alicyclic amines) is 1. The van der Waals surface area contributed by atoms with E-state index in [1.807, 2.05) is 18.9 Å². The molecule has 1 unspecified atom stereocenters. The van der Waals surface area contributed by atoms with Crippen molar-refractivity contribution < 1.29 is 4.79 Å². The smallest absolute Gasteiger partial charge is 0.225 e. The first kappa shape index (κ1) is 10.8. The molecular formula is C10H17N3O. The van der Waals surface area contributed by atoms with E-state index < -0.39 is 0 Å². The standard InChI is InChI=1S/C7H13NO.C3H4N2/c1-6-4-3-5-8(2)7(6)9;1-2-5-3-4-1/h6H,3-5H2,1-2H3;1-3H,(H,4,5). The minimum Gasteiger partial charge on any atom is -0.351 e. The number of hydrogen-bond donors (Lipinski definition) is 1. The zero-order valence-electron chi connectivity index (χ0n) is 8.73. The highest BCUT2D eigenvalue weighted by Crippen LogP contribution is 2.14. The van der Waals surface area contributed by atoms with Crippen LogP contribution in [0.25, 0.3) is 0 Å². The molecule has 1 aromatic rings. The Morgan fingerprint density at radius 3 is 2.79 bits per heavy atom. The van der Waals surface area contributed by atoms with Gasteiger partial charge in [-0.1, -0.05) is 6.92 Å². The summed E-state index contributed by atoms with van der Waals surface area (Å²) in [5.41, 5.74) is 0. The maximum absolute atomic E-state index is 11.1. The molecule has 1 saturated heterocycles. The van der Waals surface area contributed by atoms with E-state index in [1.165, 1.54) is 6.42 Å². The third-order valence-corrected chi connectivity index (χ3v) is 2.33. The molecule has 4 nitrogen and oxygen atoms in total. The molecule has 0 radical (unpaired) electrons. The highest BCUT2D eigenvalue weighted by Gasteiger charge is 2.21. The number of H-pyrrole nitrogens is 1. The van der Waals surface area contributed by atoms with Gasteiger partial charge in [-0.15, -0.1) is 0 Å². The fraction of sp³-hybridized carbons (Fsp3) is 0.600. The lowest BCUT2D eigenvalue weighted by Gasteiger charge is -2.26. The summed E-state index contributed by atoms with van der Waals surface area (Å²) >= 11 is 0. The first-order valence-corrected chi connectivity index (χ1v) is 4.89. The van der Waals surface area contributed by atoms with Gasteiger partial charge in [-0.2, -0.15) is 0 Å². The minimum atomic E-state index is 0.267. The number of amides is 1. The van der Waals surface area contributed by atoms with Crippen molar-refractivity contribution in [3.05, 3.63) is 18.7 Å². The molecule has 1 fully saturated rings. The van der Waals surface area contributed by atoms with Crippen LogP contribution in [-0.2, 0) is 4.79 Å². The van der Waals surface area contributed by atoms with Gasteiger partial charge in [-0.25, -0.2) is 4.98 Å². The Hall–Kier alpha value is -1.32. The summed E-state index contributed by atoms with van der Waals surface area (Å²) in [6.07, 6.45) is 7.33. The molecule has 14 heavy (non-hydrogen) atoms. The molecule has 1 amide bonds. The lowest BCUT2D eigenvalue weighted by atomic mass is 10.0. The van der Waals surface area contributed by atoms with E-state index in [2.05, 4.69) is 9.97 Å².